The summed E-state index contributed by atoms with van der Waals surface area (Å²) in [4.78, 5) is 25.4. The van der Waals surface area contributed by atoms with E-state index in [0.717, 1.165) is 11.3 Å². The van der Waals surface area contributed by atoms with Gasteiger partial charge in [-0.15, -0.1) is 0 Å². The molecule has 0 bridgehead atoms. The summed E-state index contributed by atoms with van der Waals surface area (Å²) in [5.41, 5.74) is 3.02. The predicted octanol–water partition coefficient (Wildman–Crippen LogP) is 4.94. The Morgan fingerprint density at radius 2 is 1.41 bits per heavy atom. The molecule has 4 aromatic rings. The lowest BCUT2D eigenvalue weighted by atomic mass is 10.1. The number of nitrogens with zero attached hydrogens (tertiary/aromatic N) is 3. The number of ether oxygens (including phenoxy) is 2. The van der Waals surface area contributed by atoms with Crippen molar-refractivity contribution in [1.29, 1.82) is 0 Å². The van der Waals surface area contributed by atoms with E-state index in [2.05, 4.69) is 30.9 Å². The van der Waals surface area contributed by atoms with Gasteiger partial charge in [0.15, 0.2) is 11.5 Å². The molecule has 0 spiro atoms. The highest BCUT2D eigenvalue weighted by Crippen LogP contribution is 2.28. The second-order valence-corrected chi connectivity index (χ2v) is 7.36. The van der Waals surface area contributed by atoms with E-state index < -0.39 is 0 Å². The Morgan fingerprint density at radius 1 is 0.735 bits per heavy atom. The first-order chi connectivity index (χ1) is 16.5. The first-order valence-electron chi connectivity index (χ1n) is 10.5. The lowest BCUT2D eigenvalue weighted by Gasteiger charge is -2.11. The van der Waals surface area contributed by atoms with Crippen LogP contribution in [0.1, 0.15) is 15.9 Å². The van der Waals surface area contributed by atoms with Crippen LogP contribution >= 0.6 is 0 Å². The van der Waals surface area contributed by atoms with Crippen molar-refractivity contribution in [3.8, 4) is 11.5 Å². The number of hydrogen-bond acceptors (Lipinski definition) is 8. The minimum Gasteiger partial charge on any atom is -0.493 e. The van der Waals surface area contributed by atoms with Crippen LogP contribution in [0.25, 0.3) is 0 Å². The van der Waals surface area contributed by atoms with Crippen molar-refractivity contribution in [2.24, 2.45) is 0 Å². The molecule has 0 aliphatic rings. The Balaban J connectivity index is 1.40. The highest BCUT2D eigenvalue weighted by atomic mass is 16.5. The topological polar surface area (TPSA) is 110 Å². The number of rotatable bonds is 8. The molecule has 0 aliphatic carbocycles. The molecular formula is C25H24N6O3. The molecule has 0 atom stereocenters. The molecule has 0 saturated carbocycles. The van der Waals surface area contributed by atoms with Gasteiger partial charge in [0.25, 0.3) is 5.91 Å². The Morgan fingerprint density at radius 3 is 2.12 bits per heavy atom. The molecule has 0 radical (unpaired) electrons. The number of hydrogen-bond donors (Lipinski definition) is 3. The summed E-state index contributed by atoms with van der Waals surface area (Å²) in [5, 5.41) is 9.27. The van der Waals surface area contributed by atoms with E-state index in [-0.39, 0.29) is 5.91 Å². The first kappa shape index (κ1) is 22.5. The summed E-state index contributed by atoms with van der Waals surface area (Å²) in [6, 6.07) is 18.0. The second-order valence-electron chi connectivity index (χ2n) is 7.36. The lowest BCUT2D eigenvalue weighted by Crippen LogP contribution is -2.12. The summed E-state index contributed by atoms with van der Waals surface area (Å²) < 4.78 is 10.5. The van der Waals surface area contributed by atoms with Gasteiger partial charge in [0, 0.05) is 29.2 Å². The van der Waals surface area contributed by atoms with Crippen LogP contribution in [-0.4, -0.2) is 35.1 Å². The maximum absolute atomic E-state index is 12.6. The predicted molar refractivity (Wildman–Crippen MR) is 132 cm³/mol. The zero-order chi connectivity index (χ0) is 23.9. The van der Waals surface area contributed by atoms with Crippen molar-refractivity contribution in [2.45, 2.75) is 6.92 Å². The van der Waals surface area contributed by atoms with Crippen molar-refractivity contribution in [3.63, 3.8) is 0 Å². The van der Waals surface area contributed by atoms with Crippen LogP contribution < -0.4 is 25.4 Å². The van der Waals surface area contributed by atoms with Crippen LogP contribution in [-0.2, 0) is 0 Å². The SMILES string of the molecule is COc1ccc(C(=O)Nc2ccc(Nc3cc(Nc4cc(C)ccn4)ncn3)cc2)cc1OC. The Hall–Kier alpha value is -4.66. The Kier molecular flexibility index (Phi) is 6.83. The van der Waals surface area contributed by atoms with Gasteiger partial charge in [-0.25, -0.2) is 15.0 Å². The van der Waals surface area contributed by atoms with E-state index in [0.29, 0.717) is 40.2 Å². The van der Waals surface area contributed by atoms with E-state index in [1.54, 1.807) is 49.7 Å². The average molecular weight is 457 g/mol. The van der Waals surface area contributed by atoms with Crippen molar-refractivity contribution >= 4 is 34.7 Å². The molecular weight excluding hydrogens is 432 g/mol. The fraction of sp³-hybridized carbons (Fsp3) is 0.120. The number of pyridine rings is 1. The highest BCUT2D eigenvalue weighted by molar-refractivity contribution is 6.04. The number of nitrogens with one attached hydrogen (secondary N) is 3. The van der Waals surface area contributed by atoms with Crippen LogP contribution in [0.5, 0.6) is 11.5 Å². The number of aromatic nitrogens is 3. The highest BCUT2D eigenvalue weighted by Gasteiger charge is 2.11. The largest absolute Gasteiger partial charge is 0.493 e. The molecule has 34 heavy (non-hydrogen) atoms. The van der Waals surface area contributed by atoms with Crippen LogP contribution in [0.4, 0.5) is 28.8 Å². The van der Waals surface area contributed by atoms with Crippen molar-refractivity contribution in [2.75, 3.05) is 30.2 Å². The van der Waals surface area contributed by atoms with Gasteiger partial charge in [-0.05, 0) is 67.1 Å². The fourth-order valence-corrected chi connectivity index (χ4v) is 3.20. The van der Waals surface area contributed by atoms with Crippen LogP contribution in [0.3, 0.4) is 0 Å². The number of carbonyl (C=O) groups is 1. The summed E-state index contributed by atoms with van der Waals surface area (Å²) in [6.45, 7) is 2.00. The Labute approximate surface area is 197 Å². The Bertz CT molecular complexity index is 1290. The third kappa shape index (κ3) is 5.57. The minimum atomic E-state index is -0.252. The number of benzene rings is 2. The third-order valence-electron chi connectivity index (χ3n) is 4.90. The number of amides is 1. The summed E-state index contributed by atoms with van der Waals surface area (Å²) in [5.74, 6) is 2.75. The quantitative estimate of drug-likeness (QED) is 0.342. The van der Waals surface area contributed by atoms with Crippen molar-refractivity contribution in [1.82, 2.24) is 15.0 Å². The molecule has 0 aliphatic heterocycles. The summed E-state index contributed by atoms with van der Waals surface area (Å²) in [7, 11) is 3.08. The molecule has 3 N–H and O–H groups in total. The number of carbonyl (C=O) groups excluding carboxylic acids is 1. The number of methoxy groups -OCH3 is 2. The van der Waals surface area contributed by atoms with E-state index in [9.17, 15) is 4.79 Å². The minimum absolute atomic E-state index is 0.252. The smallest absolute Gasteiger partial charge is 0.255 e. The summed E-state index contributed by atoms with van der Waals surface area (Å²) >= 11 is 0. The molecule has 9 nitrogen and oxygen atoms in total. The lowest BCUT2D eigenvalue weighted by molar-refractivity contribution is 0.102. The van der Waals surface area contributed by atoms with Gasteiger partial charge in [0.1, 0.15) is 23.8 Å². The molecule has 2 heterocycles. The van der Waals surface area contributed by atoms with Crippen LogP contribution in [0, 0.1) is 6.92 Å². The zero-order valence-corrected chi connectivity index (χ0v) is 19.0. The number of anilines is 5. The van der Waals surface area contributed by atoms with Gasteiger partial charge in [-0.1, -0.05) is 0 Å². The van der Waals surface area contributed by atoms with E-state index in [1.165, 1.54) is 13.4 Å². The molecule has 172 valence electrons. The molecule has 4 rings (SSSR count). The number of aryl methyl sites for hydroxylation is 1. The van der Waals surface area contributed by atoms with Crippen LogP contribution in [0.15, 0.2) is 73.2 Å². The standard InChI is InChI=1S/C25H24N6O3/c1-16-10-11-26-22(12-16)31-24-14-23(27-15-28-24)29-18-5-7-19(8-6-18)30-25(32)17-4-9-20(33-2)21(13-17)34-3/h4-15H,1-3H3,(H,30,32)(H2,26,27,28,29,31). The molecule has 0 saturated heterocycles. The van der Waals surface area contributed by atoms with Gasteiger partial charge < -0.3 is 25.4 Å². The third-order valence-corrected chi connectivity index (χ3v) is 4.90. The molecule has 0 fully saturated rings. The van der Waals surface area contributed by atoms with E-state index >= 15 is 0 Å². The van der Waals surface area contributed by atoms with Gasteiger partial charge in [0.05, 0.1) is 14.2 Å². The van der Waals surface area contributed by atoms with E-state index in [1.807, 2.05) is 31.2 Å². The van der Waals surface area contributed by atoms with Crippen molar-refractivity contribution < 1.29 is 14.3 Å². The first-order valence-corrected chi connectivity index (χ1v) is 10.5. The van der Waals surface area contributed by atoms with Gasteiger partial charge in [0.2, 0.25) is 0 Å². The molecule has 2 aromatic heterocycles. The molecule has 2 aromatic carbocycles. The van der Waals surface area contributed by atoms with Gasteiger partial charge >= 0.3 is 0 Å². The second kappa shape index (κ2) is 10.3. The zero-order valence-electron chi connectivity index (χ0n) is 19.0. The van der Waals surface area contributed by atoms with Crippen molar-refractivity contribution in [3.05, 3.63) is 84.3 Å². The van der Waals surface area contributed by atoms with Crippen LogP contribution in [0.2, 0.25) is 0 Å². The maximum Gasteiger partial charge on any atom is 0.255 e. The van der Waals surface area contributed by atoms with Gasteiger partial charge in [-0.2, -0.15) is 0 Å². The fourth-order valence-electron chi connectivity index (χ4n) is 3.20. The average Bonchev–Trinajstić information content (AvgIpc) is 2.85. The van der Waals surface area contributed by atoms with E-state index in [4.69, 9.17) is 9.47 Å². The normalized spacial score (nSPS) is 10.3. The molecule has 1 amide bonds. The summed E-state index contributed by atoms with van der Waals surface area (Å²) in [6.07, 6.45) is 3.21. The molecule has 0 unspecified atom stereocenters. The molecule has 9 heteroatoms. The monoisotopic (exact) mass is 456 g/mol. The maximum atomic E-state index is 12.6. The van der Waals surface area contributed by atoms with Gasteiger partial charge in [-0.3, -0.25) is 4.79 Å².